The maximum absolute atomic E-state index is 5.90. The van der Waals surface area contributed by atoms with Crippen molar-refractivity contribution in [3.05, 3.63) is 64.7 Å². The molecule has 2 rings (SSSR count). The molecule has 1 atom stereocenters. The van der Waals surface area contributed by atoms with Crippen LogP contribution in [0.1, 0.15) is 48.4 Å². The van der Waals surface area contributed by atoms with E-state index in [0.717, 1.165) is 5.75 Å². The number of benzene rings is 2. The van der Waals surface area contributed by atoms with Crippen LogP contribution < -0.4 is 4.74 Å². The van der Waals surface area contributed by atoms with E-state index in [0.29, 0.717) is 12.5 Å². The second-order valence-corrected chi connectivity index (χ2v) is 5.60. The monoisotopic (exact) mass is 268 g/mol. The van der Waals surface area contributed by atoms with Gasteiger partial charge >= 0.3 is 0 Å². The van der Waals surface area contributed by atoms with Crippen molar-refractivity contribution in [3.8, 4) is 5.75 Å². The van der Waals surface area contributed by atoms with Gasteiger partial charge in [-0.15, -0.1) is 0 Å². The first-order chi connectivity index (χ1) is 9.60. The minimum atomic E-state index is 0.614. The van der Waals surface area contributed by atoms with Gasteiger partial charge in [-0.2, -0.15) is 0 Å². The summed E-state index contributed by atoms with van der Waals surface area (Å²) in [6.45, 7) is 9.35. The number of hydrogen-bond acceptors (Lipinski definition) is 1. The molecule has 20 heavy (non-hydrogen) atoms. The Labute approximate surface area is 122 Å². The Hall–Kier alpha value is -1.76. The molecule has 0 aliphatic heterocycles. The fraction of sp³-hybridized carbons (Fsp3) is 0.368. The first-order valence-electron chi connectivity index (χ1n) is 7.39. The van der Waals surface area contributed by atoms with Crippen LogP contribution in [0.25, 0.3) is 0 Å². The smallest absolute Gasteiger partial charge is 0.119 e. The Morgan fingerprint density at radius 3 is 2.35 bits per heavy atom. The molecule has 0 N–H and O–H groups in total. The zero-order chi connectivity index (χ0) is 14.5. The molecule has 0 aromatic heterocycles. The topological polar surface area (TPSA) is 9.23 Å². The first kappa shape index (κ1) is 14.6. The van der Waals surface area contributed by atoms with E-state index < -0.39 is 0 Å². The van der Waals surface area contributed by atoms with Gasteiger partial charge in [0.1, 0.15) is 12.4 Å². The molecular formula is C19H24O. The molecule has 0 spiro atoms. The van der Waals surface area contributed by atoms with Crippen molar-refractivity contribution in [3.63, 3.8) is 0 Å². The van der Waals surface area contributed by atoms with Crippen LogP contribution in [0.2, 0.25) is 0 Å². The second kappa shape index (κ2) is 6.60. The van der Waals surface area contributed by atoms with Crippen molar-refractivity contribution < 1.29 is 4.74 Å². The third kappa shape index (κ3) is 3.63. The second-order valence-electron chi connectivity index (χ2n) is 5.60. The summed E-state index contributed by atoms with van der Waals surface area (Å²) in [5, 5.41) is 0. The maximum atomic E-state index is 5.90. The summed E-state index contributed by atoms with van der Waals surface area (Å²) in [6.07, 6.45) is 1.17. The third-order valence-electron chi connectivity index (χ3n) is 3.96. The molecule has 2 aromatic carbocycles. The fourth-order valence-electron chi connectivity index (χ4n) is 2.25. The van der Waals surface area contributed by atoms with Crippen molar-refractivity contribution in [2.24, 2.45) is 0 Å². The lowest BCUT2D eigenvalue weighted by molar-refractivity contribution is 0.305. The van der Waals surface area contributed by atoms with E-state index in [1.165, 1.54) is 28.7 Å². The van der Waals surface area contributed by atoms with Crippen LogP contribution in [0.5, 0.6) is 5.75 Å². The Bertz CT molecular complexity index is 554. The van der Waals surface area contributed by atoms with Gasteiger partial charge in [-0.25, -0.2) is 0 Å². The molecular weight excluding hydrogens is 244 g/mol. The first-order valence-corrected chi connectivity index (χ1v) is 7.39. The molecule has 0 heterocycles. The highest BCUT2D eigenvalue weighted by molar-refractivity contribution is 5.32. The summed E-state index contributed by atoms with van der Waals surface area (Å²) in [6, 6.07) is 15.0. The van der Waals surface area contributed by atoms with E-state index in [4.69, 9.17) is 4.74 Å². The van der Waals surface area contributed by atoms with Crippen LogP contribution in [-0.4, -0.2) is 0 Å². The van der Waals surface area contributed by atoms with Crippen LogP contribution >= 0.6 is 0 Å². The van der Waals surface area contributed by atoms with Gasteiger partial charge in [-0.3, -0.25) is 0 Å². The van der Waals surface area contributed by atoms with Gasteiger partial charge < -0.3 is 4.74 Å². The van der Waals surface area contributed by atoms with Gasteiger partial charge in [-0.05, 0) is 55.0 Å². The van der Waals surface area contributed by atoms with Crippen LogP contribution in [-0.2, 0) is 6.61 Å². The molecule has 0 saturated carbocycles. The van der Waals surface area contributed by atoms with Gasteiger partial charge in [-0.1, -0.05) is 49.7 Å². The molecule has 1 nitrogen and oxygen atoms in total. The minimum Gasteiger partial charge on any atom is -0.489 e. The molecule has 106 valence electrons. The summed E-state index contributed by atoms with van der Waals surface area (Å²) < 4.78 is 5.90. The van der Waals surface area contributed by atoms with Crippen LogP contribution in [0.15, 0.2) is 42.5 Å². The minimum absolute atomic E-state index is 0.614. The summed E-state index contributed by atoms with van der Waals surface area (Å²) in [7, 11) is 0. The van der Waals surface area contributed by atoms with Gasteiger partial charge in [0.05, 0.1) is 0 Å². The molecule has 0 aliphatic carbocycles. The zero-order valence-electron chi connectivity index (χ0n) is 12.9. The van der Waals surface area contributed by atoms with Gasteiger partial charge in [0, 0.05) is 0 Å². The lowest BCUT2D eigenvalue weighted by atomic mass is 9.99. The van der Waals surface area contributed by atoms with Crippen molar-refractivity contribution in [1.29, 1.82) is 0 Å². The highest BCUT2D eigenvalue weighted by atomic mass is 16.5. The molecule has 1 heteroatoms. The summed E-state index contributed by atoms with van der Waals surface area (Å²) in [5.74, 6) is 1.56. The van der Waals surface area contributed by atoms with Gasteiger partial charge in [0.2, 0.25) is 0 Å². The largest absolute Gasteiger partial charge is 0.489 e. The number of hydrogen-bond donors (Lipinski definition) is 0. The van der Waals surface area contributed by atoms with E-state index in [9.17, 15) is 0 Å². The maximum Gasteiger partial charge on any atom is 0.119 e. The highest BCUT2D eigenvalue weighted by Crippen LogP contribution is 2.22. The molecule has 0 amide bonds. The lowest BCUT2D eigenvalue weighted by Gasteiger charge is -2.12. The standard InChI is InChI=1S/C19H24O/c1-5-15(3)17-8-10-19(11-9-17)20-13-18-12-14(2)6-7-16(18)4/h6-12,15H,5,13H2,1-4H3. The number of rotatable bonds is 5. The Morgan fingerprint density at radius 1 is 1.00 bits per heavy atom. The fourth-order valence-corrected chi connectivity index (χ4v) is 2.25. The SMILES string of the molecule is CCC(C)c1ccc(OCc2cc(C)ccc2C)cc1. The quantitative estimate of drug-likeness (QED) is 0.706. The van der Waals surface area contributed by atoms with Crippen molar-refractivity contribution in [1.82, 2.24) is 0 Å². The van der Waals surface area contributed by atoms with Gasteiger partial charge in [0.25, 0.3) is 0 Å². The number of ether oxygens (including phenoxy) is 1. The van der Waals surface area contributed by atoms with Crippen LogP contribution in [0.4, 0.5) is 0 Å². The van der Waals surface area contributed by atoms with Crippen LogP contribution in [0, 0.1) is 13.8 Å². The molecule has 0 bridgehead atoms. The predicted molar refractivity (Wildman–Crippen MR) is 85.4 cm³/mol. The molecule has 2 aromatic rings. The number of aryl methyl sites for hydroxylation is 2. The van der Waals surface area contributed by atoms with Crippen molar-refractivity contribution in [2.45, 2.75) is 46.6 Å². The molecule has 0 fully saturated rings. The van der Waals surface area contributed by atoms with E-state index in [1.807, 2.05) is 0 Å². The molecule has 1 unspecified atom stereocenters. The van der Waals surface area contributed by atoms with Crippen molar-refractivity contribution in [2.75, 3.05) is 0 Å². The van der Waals surface area contributed by atoms with Crippen LogP contribution in [0.3, 0.4) is 0 Å². The summed E-state index contributed by atoms with van der Waals surface area (Å²) in [5.41, 5.74) is 5.20. The Kier molecular flexibility index (Phi) is 4.84. The summed E-state index contributed by atoms with van der Waals surface area (Å²) in [4.78, 5) is 0. The third-order valence-corrected chi connectivity index (χ3v) is 3.96. The Morgan fingerprint density at radius 2 is 1.70 bits per heavy atom. The van der Waals surface area contributed by atoms with E-state index in [2.05, 4.69) is 70.2 Å². The average Bonchev–Trinajstić information content (AvgIpc) is 2.48. The molecule has 0 radical (unpaired) electrons. The van der Waals surface area contributed by atoms with E-state index in [1.54, 1.807) is 0 Å². The Balaban J connectivity index is 2.02. The molecule has 0 saturated heterocycles. The van der Waals surface area contributed by atoms with E-state index in [-0.39, 0.29) is 0 Å². The summed E-state index contributed by atoms with van der Waals surface area (Å²) >= 11 is 0. The predicted octanol–water partition coefficient (Wildman–Crippen LogP) is 5.40. The highest BCUT2D eigenvalue weighted by Gasteiger charge is 2.04. The van der Waals surface area contributed by atoms with E-state index >= 15 is 0 Å². The average molecular weight is 268 g/mol. The zero-order valence-corrected chi connectivity index (χ0v) is 12.9. The lowest BCUT2D eigenvalue weighted by Crippen LogP contribution is -1.99. The molecule has 0 aliphatic rings. The van der Waals surface area contributed by atoms with Crippen molar-refractivity contribution >= 4 is 0 Å². The normalized spacial score (nSPS) is 12.2. The van der Waals surface area contributed by atoms with Gasteiger partial charge in [0.15, 0.2) is 0 Å².